The molecule has 1 saturated heterocycles. The van der Waals surface area contributed by atoms with Gasteiger partial charge in [0.2, 0.25) is 5.96 Å². The Hall–Kier alpha value is -2.77. The molecular formula is C17H19N6O-. The standard InChI is InChI=1S/C17H19N6O/c24-23-16-4-2-1-3-15(16)20-17(21-23)19-13-5-7-14(8-6-13)22-11-9-18-10-12-22/h1-8,18H,9-12H2,(H2,19,20,21)/q-1. The van der Waals surface area contributed by atoms with Crippen molar-refractivity contribution in [1.29, 1.82) is 0 Å². The first kappa shape index (κ1) is 14.8. The van der Waals surface area contributed by atoms with E-state index in [4.69, 9.17) is 0 Å². The van der Waals surface area contributed by atoms with E-state index in [0.29, 0.717) is 17.3 Å². The smallest absolute Gasteiger partial charge is 0.219 e. The van der Waals surface area contributed by atoms with Gasteiger partial charge >= 0.3 is 0 Å². The second-order valence-electron chi connectivity index (χ2n) is 5.76. The van der Waals surface area contributed by atoms with Crippen LogP contribution in [0.4, 0.5) is 22.7 Å². The van der Waals surface area contributed by atoms with Crippen LogP contribution in [-0.2, 0) is 0 Å². The van der Waals surface area contributed by atoms with Crippen molar-refractivity contribution in [2.75, 3.05) is 41.6 Å². The Balaban J connectivity index is 1.49. The Labute approximate surface area is 140 Å². The molecule has 0 aliphatic carbocycles. The number of fused-ring (bicyclic) bond motifs is 1. The fraction of sp³-hybridized carbons (Fsp3) is 0.235. The lowest BCUT2D eigenvalue weighted by Crippen LogP contribution is -2.44. The number of rotatable bonds is 2. The highest BCUT2D eigenvalue weighted by molar-refractivity contribution is 5.99. The number of hydrazine groups is 1. The number of nitrogens with zero attached hydrogens (tertiary/aromatic N) is 3. The van der Waals surface area contributed by atoms with E-state index in [9.17, 15) is 5.21 Å². The van der Waals surface area contributed by atoms with Gasteiger partial charge in [0.05, 0.1) is 11.4 Å². The number of benzene rings is 2. The molecule has 0 saturated carbocycles. The van der Waals surface area contributed by atoms with E-state index in [0.717, 1.165) is 37.0 Å². The first-order valence-corrected chi connectivity index (χ1v) is 8.04. The van der Waals surface area contributed by atoms with Gasteiger partial charge in [-0.1, -0.05) is 12.1 Å². The van der Waals surface area contributed by atoms with Gasteiger partial charge in [0, 0.05) is 37.6 Å². The molecule has 24 heavy (non-hydrogen) atoms. The quantitative estimate of drug-likeness (QED) is 0.785. The summed E-state index contributed by atoms with van der Waals surface area (Å²) in [4.78, 5) is 6.79. The largest absolute Gasteiger partial charge is 0.739 e. The molecule has 2 aliphatic rings. The number of hydrogen-bond acceptors (Lipinski definition) is 7. The Kier molecular flexibility index (Phi) is 3.94. The second kappa shape index (κ2) is 6.38. The van der Waals surface area contributed by atoms with E-state index >= 15 is 0 Å². The number of para-hydroxylation sites is 2. The Morgan fingerprint density at radius 2 is 1.75 bits per heavy atom. The molecule has 0 bridgehead atoms. The van der Waals surface area contributed by atoms with Crippen LogP contribution in [0.25, 0.3) is 0 Å². The van der Waals surface area contributed by atoms with Crippen molar-refractivity contribution in [3.63, 3.8) is 0 Å². The van der Waals surface area contributed by atoms with E-state index < -0.39 is 0 Å². The molecule has 2 aliphatic heterocycles. The molecule has 2 aromatic rings. The molecular weight excluding hydrogens is 304 g/mol. The van der Waals surface area contributed by atoms with Gasteiger partial charge in [0.1, 0.15) is 0 Å². The van der Waals surface area contributed by atoms with E-state index in [1.165, 1.54) is 5.69 Å². The highest BCUT2D eigenvalue weighted by Gasteiger charge is 2.13. The summed E-state index contributed by atoms with van der Waals surface area (Å²) in [6.45, 7) is 4.06. The number of aliphatic imine (C=N–C) groups is 1. The lowest BCUT2D eigenvalue weighted by molar-refractivity contribution is 0.589. The average Bonchev–Trinajstić information content (AvgIpc) is 2.63. The maximum Gasteiger partial charge on any atom is 0.219 e. The van der Waals surface area contributed by atoms with Gasteiger partial charge in [-0.05, 0) is 36.4 Å². The normalized spacial score (nSPS) is 17.0. The monoisotopic (exact) mass is 323 g/mol. The van der Waals surface area contributed by atoms with Crippen LogP contribution in [0.5, 0.6) is 0 Å². The summed E-state index contributed by atoms with van der Waals surface area (Å²) in [7, 11) is 0. The third-order valence-electron chi connectivity index (χ3n) is 4.15. The summed E-state index contributed by atoms with van der Waals surface area (Å²) >= 11 is 0. The number of anilines is 3. The molecule has 2 aromatic carbocycles. The highest BCUT2D eigenvalue weighted by Crippen LogP contribution is 2.29. The lowest BCUT2D eigenvalue weighted by atomic mass is 10.2. The number of guanidine groups is 1. The number of hydrogen-bond donors (Lipinski definition) is 3. The molecule has 0 radical (unpaired) electrons. The zero-order chi connectivity index (χ0) is 16.4. The maximum atomic E-state index is 12.0. The van der Waals surface area contributed by atoms with Crippen molar-refractivity contribution in [2.24, 2.45) is 4.99 Å². The summed E-state index contributed by atoms with van der Waals surface area (Å²) in [5, 5.41) is 19.2. The van der Waals surface area contributed by atoms with Gasteiger partial charge in [0.25, 0.3) is 0 Å². The molecule has 0 aromatic heterocycles. The lowest BCUT2D eigenvalue weighted by Gasteiger charge is -2.36. The molecule has 0 unspecified atom stereocenters. The van der Waals surface area contributed by atoms with Crippen LogP contribution in [0.3, 0.4) is 0 Å². The molecule has 2 heterocycles. The fourth-order valence-electron chi connectivity index (χ4n) is 2.90. The Morgan fingerprint density at radius 1 is 1.00 bits per heavy atom. The molecule has 7 nitrogen and oxygen atoms in total. The van der Waals surface area contributed by atoms with Crippen LogP contribution in [0, 0.1) is 5.21 Å². The molecule has 0 atom stereocenters. The van der Waals surface area contributed by atoms with Gasteiger partial charge in [-0.3, -0.25) is 5.43 Å². The topological polar surface area (TPSA) is 78.0 Å². The van der Waals surface area contributed by atoms with E-state index in [2.05, 4.69) is 38.1 Å². The van der Waals surface area contributed by atoms with Crippen LogP contribution < -0.4 is 26.1 Å². The number of nitrogens with one attached hydrogen (secondary N) is 3. The van der Waals surface area contributed by atoms with Crippen LogP contribution in [0.15, 0.2) is 53.5 Å². The van der Waals surface area contributed by atoms with E-state index in [1.54, 1.807) is 6.07 Å². The minimum atomic E-state index is 0.415. The van der Waals surface area contributed by atoms with Crippen molar-refractivity contribution in [2.45, 2.75) is 0 Å². The number of piperazine rings is 1. The molecule has 1 fully saturated rings. The van der Waals surface area contributed by atoms with Crippen molar-refractivity contribution in [3.8, 4) is 0 Å². The predicted octanol–water partition coefficient (Wildman–Crippen LogP) is 2.02. The van der Waals surface area contributed by atoms with E-state index in [1.807, 2.05) is 30.3 Å². The van der Waals surface area contributed by atoms with Crippen molar-refractivity contribution in [1.82, 2.24) is 10.7 Å². The summed E-state index contributed by atoms with van der Waals surface area (Å²) in [6, 6.07) is 15.4. The Bertz CT molecular complexity index is 739. The summed E-state index contributed by atoms with van der Waals surface area (Å²) in [6.07, 6.45) is 0. The highest BCUT2D eigenvalue weighted by atomic mass is 16.5. The summed E-state index contributed by atoms with van der Waals surface area (Å²) in [5.74, 6) is 0.415. The fourth-order valence-corrected chi connectivity index (χ4v) is 2.90. The first-order chi connectivity index (χ1) is 11.8. The van der Waals surface area contributed by atoms with Crippen LogP contribution in [-0.4, -0.2) is 32.1 Å². The SMILES string of the molecule is [O-]N1NC(Nc2ccc(N3CCNCC3)cc2)=Nc2ccccc21. The molecule has 3 N–H and O–H groups in total. The minimum Gasteiger partial charge on any atom is -0.739 e. The third-order valence-corrected chi connectivity index (χ3v) is 4.15. The molecule has 0 amide bonds. The second-order valence-corrected chi connectivity index (χ2v) is 5.76. The Morgan fingerprint density at radius 3 is 2.54 bits per heavy atom. The zero-order valence-electron chi connectivity index (χ0n) is 13.2. The van der Waals surface area contributed by atoms with Gasteiger partial charge in [-0.25, -0.2) is 4.99 Å². The summed E-state index contributed by atoms with van der Waals surface area (Å²) in [5.41, 5.74) is 5.94. The van der Waals surface area contributed by atoms with Crippen LogP contribution in [0.1, 0.15) is 0 Å². The van der Waals surface area contributed by atoms with Gasteiger partial charge < -0.3 is 25.9 Å². The van der Waals surface area contributed by atoms with Gasteiger partial charge in [-0.2, -0.15) is 0 Å². The van der Waals surface area contributed by atoms with Crippen molar-refractivity contribution >= 4 is 28.7 Å². The third kappa shape index (κ3) is 2.99. The van der Waals surface area contributed by atoms with Crippen molar-refractivity contribution in [3.05, 3.63) is 53.7 Å². The predicted molar refractivity (Wildman–Crippen MR) is 97.7 cm³/mol. The van der Waals surface area contributed by atoms with Crippen LogP contribution in [0.2, 0.25) is 0 Å². The zero-order valence-corrected chi connectivity index (χ0v) is 13.2. The van der Waals surface area contributed by atoms with E-state index in [-0.39, 0.29) is 0 Å². The van der Waals surface area contributed by atoms with Crippen molar-refractivity contribution < 1.29 is 0 Å². The molecule has 7 heteroatoms. The molecule has 0 spiro atoms. The summed E-state index contributed by atoms with van der Waals surface area (Å²) < 4.78 is 0. The average molecular weight is 323 g/mol. The molecule has 124 valence electrons. The minimum absolute atomic E-state index is 0.415. The molecule has 4 rings (SSSR count). The first-order valence-electron chi connectivity index (χ1n) is 8.04. The maximum absolute atomic E-state index is 12.0. The van der Waals surface area contributed by atoms with Gasteiger partial charge in [-0.15, -0.1) is 0 Å². The van der Waals surface area contributed by atoms with Gasteiger partial charge in [0.15, 0.2) is 0 Å². The van der Waals surface area contributed by atoms with Crippen LogP contribution >= 0.6 is 0 Å².